The summed E-state index contributed by atoms with van der Waals surface area (Å²) in [6.45, 7) is 2.19. The van der Waals surface area contributed by atoms with Crippen LogP contribution in [0, 0.1) is 0 Å². The predicted molar refractivity (Wildman–Crippen MR) is 124 cm³/mol. The van der Waals surface area contributed by atoms with Gasteiger partial charge in [-0.3, -0.25) is 4.79 Å². The first-order valence-electron chi connectivity index (χ1n) is 10.1. The van der Waals surface area contributed by atoms with Crippen LogP contribution in [0.4, 0.5) is 0 Å². The molecule has 1 aromatic carbocycles. The number of thiophene rings is 2. The molecule has 5 heteroatoms. The van der Waals surface area contributed by atoms with Gasteiger partial charge in [-0.1, -0.05) is 44.4 Å². The quantitative estimate of drug-likeness (QED) is 0.270. The number of carbonyl (C=O) groups is 1. The van der Waals surface area contributed by atoms with Crippen LogP contribution in [-0.2, 0) is 11.2 Å². The van der Waals surface area contributed by atoms with E-state index in [0.717, 1.165) is 50.6 Å². The van der Waals surface area contributed by atoms with Gasteiger partial charge in [0, 0.05) is 12.8 Å². The highest BCUT2D eigenvalue weighted by Crippen LogP contribution is 2.35. The summed E-state index contributed by atoms with van der Waals surface area (Å²) in [5, 5.41) is 4.13. The third kappa shape index (κ3) is 4.80. The number of benzene rings is 1. The van der Waals surface area contributed by atoms with Crippen LogP contribution in [0.5, 0.6) is 0 Å². The number of fused-ring (bicyclic) bond motifs is 1. The Bertz CT molecular complexity index is 1090. The molecule has 3 heterocycles. The van der Waals surface area contributed by atoms with E-state index in [2.05, 4.69) is 29.8 Å². The van der Waals surface area contributed by atoms with Gasteiger partial charge in [-0.05, 0) is 47.0 Å². The molecule has 0 aliphatic heterocycles. The number of ketones is 1. The number of unbranched alkanes of at least 4 members (excludes halogenated alkanes) is 3. The molecule has 0 aliphatic carbocycles. The highest BCUT2D eigenvalue weighted by atomic mass is 32.1. The Hall–Kier alpha value is -2.37. The molecule has 148 valence electrons. The maximum Gasteiger partial charge on any atom is 0.137 e. The van der Waals surface area contributed by atoms with E-state index in [-0.39, 0.29) is 0 Å². The lowest BCUT2D eigenvalue weighted by molar-refractivity contribution is -0.118. The molecule has 0 N–H and O–H groups in total. The normalized spacial score (nSPS) is 11.2. The topological polar surface area (TPSA) is 42.9 Å². The predicted octanol–water partition coefficient (Wildman–Crippen LogP) is 7.17. The summed E-state index contributed by atoms with van der Waals surface area (Å²) in [6.07, 6.45) is 5.68. The largest absolute Gasteiger partial charge is 0.299 e. The zero-order valence-corrected chi connectivity index (χ0v) is 18.2. The van der Waals surface area contributed by atoms with Crippen molar-refractivity contribution in [1.29, 1.82) is 0 Å². The van der Waals surface area contributed by atoms with Crippen LogP contribution in [0.25, 0.3) is 32.2 Å². The molecule has 0 unspecified atom stereocenters. The van der Waals surface area contributed by atoms with Crippen molar-refractivity contribution in [2.75, 3.05) is 0 Å². The number of carbonyl (C=O) groups excluding carboxylic acids is 1. The Kier molecular flexibility index (Phi) is 6.47. The number of rotatable bonds is 9. The average molecular weight is 421 g/mol. The van der Waals surface area contributed by atoms with Gasteiger partial charge in [0.2, 0.25) is 0 Å². The van der Waals surface area contributed by atoms with Crippen LogP contribution in [0.3, 0.4) is 0 Å². The first kappa shape index (κ1) is 19.9. The zero-order valence-electron chi connectivity index (χ0n) is 16.6. The summed E-state index contributed by atoms with van der Waals surface area (Å²) < 4.78 is 0. The Morgan fingerprint density at radius 3 is 2.17 bits per heavy atom. The minimum Gasteiger partial charge on any atom is -0.299 e. The molecule has 4 rings (SSSR count). The molecule has 0 radical (unpaired) electrons. The zero-order chi connectivity index (χ0) is 20.1. The van der Waals surface area contributed by atoms with Gasteiger partial charge in [0.25, 0.3) is 0 Å². The van der Waals surface area contributed by atoms with Crippen molar-refractivity contribution in [2.45, 2.75) is 45.4 Å². The van der Waals surface area contributed by atoms with Crippen molar-refractivity contribution in [2.24, 2.45) is 0 Å². The van der Waals surface area contributed by atoms with Gasteiger partial charge >= 0.3 is 0 Å². The van der Waals surface area contributed by atoms with Crippen LogP contribution in [0.1, 0.15) is 44.6 Å². The lowest BCUT2D eigenvalue weighted by Crippen LogP contribution is -2.03. The lowest BCUT2D eigenvalue weighted by atomic mass is 10.0. The standard InChI is InChI=1S/C24H24N2OS2/c1-2-3-4-5-8-18(27)15-17-11-12-19-20(16-17)26-24(22-10-7-14-29-22)23(25-19)21-9-6-13-28-21/h6-7,9-14,16H,2-5,8,15H2,1H3. The third-order valence-corrected chi connectivity index (χ3v) is 6.70. The summed E-state index contributed by atoms with van der Waals surface area (Å²) in [5.74, 6) is 0.307. The minimum absolute atomic E-state index is 0.307. The first-order valence-corrected chi connectivity index (χ1v) is 11.9. The highest BCUT2D eigenvalue weighted by Gasteiger charge is 2.15. The monoisotopic (exact) mass is 420 g/mol. The van der Waals surface area contributed by atoms with Gasteiger partial charge in [-0.2, -0.15) is 0 Å². The van der Waals surface area contributed by atoms with Gasteiger partial charge in [-0.15, -0.1) is 22.7 Å². The van der Waals surface area contributed by atoms with E-state index >= 15 is 0 Å². The minimum atomic E-state index is 0.307. The second-order valence-corrected chi connectivity index (χ2v) is 9.12. The third-order valence-electron chi connectivity index (χ3n) is 4.95. The van der Waals surface area contributed by atoms with E-state index in [9.17, 15) is 4.79 Å². The average Bonchev–Trinajstić information content (AvgIpc) is 3.44. The van der Waals surface area contributed by atoms with Crippen LogP contribution < -0.4 is 0 Å². The second kappa shape index (κ2) is 9.42. The molecule has 0 saturated carbocycles. The number of Topliss-reactive ketones (excluding diaryl/α,β-unsaturated/α-hetero) is 1. The molecule has 0 atom stereocenters. The maximum absolute atomic E-state index is 12.3. The molecule has 0 bridgehead atoms. The van der Waals surface area contributed by atoms with E-state index in [4.69, 9.17) is 9.97 Å². The summed E-state index contributed by atoms with van der Waals surface area (Å²) >= 11 is 3.35. The van der Waals surface area contributed by atoms with E-state index in [1.54, 1.807) is 22.7 Å². The molecule has 4 aromatic rings. The molecule has 0 aliphatic rings. The van der Waals surface area contributed by atoms with Crippen LogP contribution in [0.2, 0.25) is 0 Å². The molecule has 0 amide bonds. The van der Waals surface area contributed by atoms with Crippen LogP contribution >= 0.6 is 22.7 Å². The fourth-order valence-electron chi connectivity index (χ4n) is 3.45. The molecular weight excluding hydrogens is 396 g/mol. The van der Waals surface area contributed by atoms with Gasteiger partial charge in [-0.25, -0.2) is 9.97 Å². The Morgan fingerprint density at radius 1 is 0.862 bits per heavy atom. The van der Waals surface area contributed by atoms with Gasteiger partial charge < -0.3 is 0 Å². The number of hydrogen-bond acceptors (Lipinski definition) is 5. The molecule has 0 fully saturated rings. The van der Waals surface area contributed by atoms with Crippen molar-refractivity contribution in [3.8, 4) is 21.1 Å². The van der Waals surface area contributed by atoms with Crippen molar-refractivity contribution < 1.29 is 4.79 Å². The summed E-state index contributed by atoms with van der Waals surface area (Å²) in [6, 6.07) is 14.3. The highest BCUT2D eigenvalue weighted by molar-refractivity contribution is 7.14. The van der Waals surface area contributed by atoms with Gasteiger partial charge in [0.05, 0.1) is 20.8 Å². The fourth-order valence-corrected chi connectivity index (χ4v) is 4.87. The van der Waals surface area contributed by atoms with Crippen LogP contribution in [-0.4, -0.2) is 15.8 Å². The molecule has 0 spiro atoms. The summed E-state index contributed by atoms with van der Waals surface area (Å²) in [4.78, 5) is 24.5. The number of nitrogens with zero attached hydrogens (tertiary/aromatic N) is 2. The molecule has 3 aromatic heterocycles. The van der Waals surface area contributed by atoms with E-state index in [1.165, 1.54) is 12.8 Å². The Balaban J connectivity index is 1.63. The van der Waals surface area contributed by atoms with E-state index in [1.807, 2.05) is 30.3 Å². The molecular formula is C24H24N2OS2. The fraction of sp³-hybridized carbons (Fsp3) is 0.292. The van der Waals surface area contributed by atoms with Crippen molar-refractivity contribution in [1.82, 2.24) is 9.97 Å². The van der Waals surface area contributed by atoms with E-state index in [0.29, 0.717) is 18.6 Å². The number of hydrogen-bond donors (Lipinski definition) is 0. The maximum atomic E-state index is 12.3. The summed E-state index contributed by atoms with van der Waals surface area (Å²) in [5.41, 5.74) is 4.58. The van der Waals surface area contributed by atoms with Crippen molar-refractivity contribution in [3.63, 3.8) is 0 Å². The number of aromatic nitrogens is 2. The van der Waals surface area contributed by atoms with Crippen molar-refractivity contribution >= 4 is 39.5 Å². The summed E-state index contributed by atoms with van der Waals surface area (Å²) in [7, 11) is 0. The molecule has 0 saturated heterocycles. The Labute approximate surface area is 179 Å². The van der Waals surface area contributed by atoms with E-state index < -0.39 is 0 Å². The second-order valence-electron chi connectivity index (χ2n) is 7.22. The van der Waals surface area contributed by atoms with Crippen LogP contribution in [0.15, 0.2) is 53.2 Å². The van der Waals surface area contributed by atoms with Gasteiger partial charge in [0.15, 0.2) is 0 Å². The molecule has 3 nitrogen and oxygen atoms in total. The lowest BCUT2D eigenvalue weighted by Gasteiger charge is -2.09. The smallest absolute Gasteiger partial charge is 0.137 e. The van der Waals surface area contributed by atoms with Gasteiger partial charge in [0.1, 0.15) is 17.2 Å². The Morgan fingerprint density at radius 2 is 1.55 bits per heavy atom. The molecule has 29 heavy (non-hydrogen) atoms. The first-order chi connectivity index (χ1) is 14.2. The SMILES string of the molecule is CCCCCCC(=O)Cc1ccc2nc(-c3cccs3)c(-c3cccs3)nc2c1. The van der Waals surface area contributed by atoms with Crippen molar-refractivity contribution in [3.05, 3.63) is 58.8 Å².